The van der Waals surface area contributed by atoms with Gasteiger partial charge in [0.15, 0.2) is 0 Å². The summed E-state index contributed by atoms with van der Waals surface area (Å²) in [7, 11) is 0. The van der Waals surface area contributed by atoms with Gasteiger partial charge in [-0.05, 0) is 44.2 Å². The van der Waals surface area contributed by atoms with E-state index >= 15 is 0 Å². The van der Waals surface area contributed by atoms with Crippen LogP contribution in [-0.4, -0.2) is 17.4 Å². The van der Waals surface area contributed by atoms with E-state index in [0.29, 0.717) is 23.0 Å². The minimum absolute atomic E-state index is 0.0868. The van der Waals surface area contributed by atoms with Crippen LogP contribution >= 0.6 is 11.3 Å². The minimum atomic E-state index is -0.0868. The molecule has 0 fully saturated rings. The number of amides is 1. The molecule has 0 radical (unpaired) electrons. The molecule has 0 aliphatic heterocycles. The number of aromatic nitrogens is 1. The Bertz CT molecular complexity index is 661. The first-order chi connectivity index (χ1) is 9.90. The van der Waals surface area contributed by atoms with Gasteiger partial charge in [-0.1, -0.05) is 13.8 Å². The molecule has 0 saturated heterocycles. The molecule has 114 valence electrons. The lowest BCUT2D eigenvalue weighted by molar-refractivity contribution is 0.0957. The average Bonchev–Trinajstić information content (AvgIpc) is 2.71. The number of nitrogen functional groups attached to an aromatic ring is 1. The van der Waals surface area contributed by atoms with Crippen LogP contribution in [0.25, 0.3) is 10.2 Å². The smallest absolute Gasteiger partial charge is 0.263 e. The normalized spacial score (nSPS) is 11.3. The van der Waals surface area contributed by atoms with E-state index in [1.165, 1.54) is 11.3 Å². The molecule has 0 spiro atoms. The molecule has 0 atom stereocenters. The Kier molecular flexibility index (Phi) is 4.83. The summed E-state index contributed by atoms with van der Waals surface area (Å²) >= 11 is 1.38. The second-order valence-electron chi connectivity index (χ2n) is 5.90. The third kappa shape index (κ3) is 3.53. The highest BCUT2D eigenvalue weighted by molar-refractivity contribution is 7.21. The highest BCUT2D eigenvalue weighted by atomic mass is 32.1. The fraction of sp³-hybridized carbons (Fsp3) is 0.500. The number of nitrogens with two attached hydrogens (primary N) is 1. The van der Waals surface area contributed by atoms with Crippen molar-refractivity contribution in [3.63, 3.8) is 0 Å². The van der Waals surface area contributed by atoms with E-state index in [9.17, 15) is 4.79 Å². The SMILES string of the molecule is Cc1cc(C)c2c(N)c(C(=O)NCCCC(C)C)sc2n1. The lowest BCUT2D eigenvalue weighted by Gasteiger charge is -2.06. The summed E-state index contributed by atoms with van der Waals surface area (Å²) in [4.78, 5) is 18.2. The first kappa shape index (κ1) is 15.8. The number of fused-ring (bicyclic) bond motifs is 1. The summed E-state index contributed by atoms with van der Waals surface area (Å²) in [6.45, 7) is 9.01. The second-order valence-corrected chi connectivity index (χ2v) is 6.90. The standard InChI is InChI=1S/C16H23N3OS/c1-9(2)6-5-7-18-15(20)14-13(17)12-10(3)8-11(4)19-16(12)21-14/h8-9H,5-7,17H2,1-4H3,(H,18,20). The number of anilines is 1. The lowest BCUT2D eigenvalue weighted by Crippen LogP contribution is -2.24. The maximum Gasteiger partial charge on any atom is 0.263 e. The van der Waals surface area contributed by atoms with E-state index in [2.05, 4.69) is 24.1 Å². The fourth-order valence-corrected chi connectivity index (χ4v) is 3.56. The molecule has 2 aromatic rings. The van der Waals surface area contributed by atoms with Crippen molar-refractivity contribution in [2.45, 2.75) is 40.5 Å². The Hall–Kier alpha value is -1.62. The molecule has 0 bridgehead atoms. The number of thiophene rings is 1. The van der Waals surface area contributed by atoms with Crippen LogP contribution in [-0.2, 0) is 0 Å². The zero-order chi connectivity index (χ0) is 15.6. The minimum Gasteiger partial charge on any atom is -0.397 e. The lowest BCUT2D eigenvalue weighted by atomic mass is 10.1. The first-order valence-electron chi connectivity index (χ1n) is 7.34. The number of nitrogens with zero attached hydrogens (tertiary/aromatic N) is 1. The van der Waals surface area contributed by atoms with Gasteiger partial charge in [0.05, 0.1) is 5.69 Å². The van der Waals surface area contributed by atoms with Gasteiger partial charge in [-0.3, -0.25) is 4.79 Å². The number of carbonyl (C=O) groups is 1. The summed E-state index contributed by atoms with van der Waals surface area (Å²) in [6, 6.07) is 2.00. The maximum atomic E-state index is 12.3. The predicted octanol–water partition coefficient (Wildman–Crippen LogP) is 3.66. The number of nitrogens with one attached hydrogen (secondary N) is 1. The highest BCUT2D eigenvalue weighted by Gasteiger charge is 2.18. The van der Waals surface area contributed by atoms with Crippen molar-refractivity contribution in [1.82, 2.24) is 10.3 Å². The Labute approximate surface area is 129 Å². The summed E-state index contributed by atoms with van der Waals surface area (Å²) in [5.41, 5.74) is 8.73. The molecule has 2 aromatic heterocycles. The fourth-order valence-electron chi connectivity index (χ4n) is 2.43. The highest BCUT2D eigenvalue weighted by Crippen LogP contribution is 2.34. The van der Waals surface area contributed by atoms with E-state index in [0.717, 1.165) is 34.3 Å². The molecule has 5 heteroatoms. The van der Waals surface area contributed by atoms with Crippen molar-refractivity contribution in [1.29, 1.82) is 0 Å². The molecular weight excluding hydrogens is 282 g/mol. The molecule has 0 aliphatic rings. The first-order valence-corrected chi connectivity index (χ1v) is 8.16. The topological polar surface area (TPSA) is 68.0 Å². The van der Waals surface area contributed by atoms with E-state index in [4.69, 9.17) is 5.73 Å². The van der Waals surface area contributed by atoms with Gasteiger partial charge in [0.25, 0.3) is 5.91 Å². The van der Waals surface area contributed by atoms with Crippen molar-refractivity contribution >= 4 is 33.1 Å². The molecule has 4 nitrogen and oxygen atoms in total. The molecule has 0 aromatic carbocycles. The quantitative estimate of drug-likeness (QED) is 0.828. The number of aryl methyl sites for hydroxylation is 2. The molecule has 0 aliphatic carbocycles. The Morgan fingerprint density at radius 3 is 2.81 bits per heavy atom. The van der Waals surface area contributed by atoms with Gasteiger partial charge in [-0.25, -0.2) is 4.98 Å². The van der Waals surface area contributed by atoms with Gasteiger partial charge < -0.3 is 11.1 Å². The molecule has 0 unspecified atom stereocenters. The third-order valence-electron chi connectivity index (χ3n) is 3.47. The molecule has 2 heterocycles. The van der Waals surface area contributed by atoms with Crippen LogP contribution < -0.4 is 11.1 Å². The molecule has 1 amide bonds. The van der Waals surface area contributed by atoms with Gasteiger partial charge in [0.2, 0.25) is 0 Å². The van der Waals surface area contributed by atoms with Gasteiger partial charge in [0.1, 0.15) is 9.71 Å². The van der Waals surface area contributed by atoms with Crippen molar-refractivity contribution in [2.24, 2.45) is 5.92 Å². The number of rotatable bonds is 5. The average molecular weight is 305 g/mol. The zero-order valence-electron chi connectivity index (χ0n) is 13.1. The van der Waals surface area contributed by atoms with E-state index in [1.54, 1.807) is 0 Å². The van der Waals surface area contributed by atoms with Crippen LogP contribution in [0.1, 0.15) is 47.6 Å². The van der Waals surface area contributed by atoms with Crippen molar-refractivity contribution in [3.8, 4) is 0 Å². The summed E-state index contributed by atoms with van der Waals surface area (Å²) in [5, 5.41) is 3.87. The van der Waals surface area contributed by atoms with Gasteiger partial charge >= 0.3 is 0 Å². The molecular formula is C16H23N3OS. The maximum absolute atomic E-state index is 12.3. The van der Waals surface area contributed by atoms with Crippen LogP contribution in [0, 0.1) is 19.8 Å². The summed E-state index contributed by atoms with van der Waals surface area (Å²) in [5.74, 6) is 0.572. The van der Waals surface area contributed by atoms with Crippen molar-refractivity contribution < 1.29 is 4.79 Å². The number of hydrogen-bond acceptors (Lipinski definition) is 4. The molecule has 3 N–H and O–H groups in total. The third-order valence-corrected chi connectivity index (χ3v) is 4.57. The Balaban J connectivity index is 2.16. The second kappa shape index (κ2) is 6.43. The Morgan fingerprint density at radius 1 is 1.43 bits per heavy atom. The van der Waals surface area contributed by atoms with Crippen LogP contribution in [0.15, 0.2) is 6.07 Å². The van der Waals surface area contributed by atoms with Gasteiger partial charge in [0, 0.05) is 17.6 Å². The van der Waals surface area contributed by atoms with E-state index < -0.39 is 0 Å². The molecule has 21 heavy (non-hydrogen) atoms. The zero-order valence-corrected chi connectivity index (χ0v) is 13.9. The number of carbonyl (C=O) groups excluding carboxylic acids is 1. The molecule has 2 rings (SSSR count). The number of pyridine rings is 1. The van der Waals surface area contributed by atoms with E-state index in [-0.39, 0.29) is 5.91 Å². The van der Waals surface area contributed by atoms with Crippen LogP contribution in [0.3, 0.4) is 0 Å². The summed E-state index contributed by atoms with van der Waals surface area (Å²) < 4.78 is 0. The predicted molar refractivity (Wildman–Crippen MR) is 89.9 cm³/mol. The van der Waals surface area contributed by atoms with Crippen LogP contribution in [0.5, 0.6) is 0 Å². The van der Waals surface area contributed by atoms with E-state index in [1.807, 2.05) is 19.9 Å². The number of hydrogen-bond donors (Lipinski definition) is 2. The van der Waals surface area contributed by atoms with Crippen LogP contribution in [0.4, 0.5) is 5.69 Å². The Morgan fingerprint density at radius 2 is 2.14 bits per heavy atom. The molecule has 0 saturated carbocycles. The van der Waals surface area contributed by atoms with Crippen molar-refractivity contribution in [2.75, 3.05) is 12.3 Å². The van der Waals surface area contributed by atoms with Crippen LogP contribution in [0.2, 0.25) is 0 Å². The van der Waals surface area contributed by atoms with Gasteiger partial charge in [-0.2, -0.15) is 0 Å². The van der Waals surface area contributed by atoms with Crippen molar-refractivity contribution in [3.05, 3.63) is 22.2 Å². The summed E-state index contributed by atoms with van der Waals surface area (Å²) in [6.07, 6.45) is 2.10. The largest absolute Gasteiger partial charge is 0.397 e. The monoisotopic (exact) mass is 305 g/mol. The van der Waals surface area contributed by atoms with Gasteiger partial charge in [-0.15, -0.1) is 11.3 Å².